The maximum Gasteiger partial charge on any atom is 0.253 e. The first-order valence-electron chi connectivity index (χ1n) is 7.73. The standard InChI is InChI=1S/C16H21N5O/c22-16(14-2-6-17-7-3-14)21-9-4-15(5-10-21)18-8-1-13-11-19-20-12-13/h2-3,6-7,11-12,15,18H,1,4-5,8-10H2,(H,19,20). The molecule has 0 saturated carbocycles. The molecule has 1 aliphatic rings. The smallest absolute Gasteiger partial charge is 0.253 e. The number of aromatic nitrogens is 3. The Morgan fingerprint density at radius 1 is 1.32 bits per heavy atom. The van der Waals surface area contributed by atoms with Crippen molar-refractivity contribution < 1.29 is 4.79 Å². The number of nitrogens with zero attached hydrogens (tertiary/aromatic N) is 3. The molecule has 3 heterocycles. The zero-order valence-electron chi connectivity index (χ0n) is 12.5. The lowest BCUT2D eigenvalue weighted by Crippen LogP contribution is -2.45. The molecule has 2 N–H and O–H groups in total. The molecule has 2 aromatic rings. The molecule has 6 nitrogen and oxygen atoms in total. The van der Waals surface area contributed by atoms with Gasteiger partial charge in [-0.25, -0.2) is 0 Å². The largest absolute Gasteiger partial charge is 0.339 e. The first-order chi connectivity index (χ1) is 10.8. The van der Waals surface area contributed by atoms with Gasteiger partial charge in [0.05, 0.1) is 6.20 Å². The predicted molar refractivity (Wildman–Crippen MR) is 83.5 cm³/mol. The summed E-state index contributed by atoms with van der Waals surface area (Å²) in [6.07, 6.45) is 10.1. The van der Waals surface area contributed by atoms with Crippen LogP contribution >= 0.6 is 0 Å². The summed E-state index contributed by atoms with van der Waals surface area (Å²) in [5.41, 5.74) is 1.94. The molecule has 0 bridgehead atoms. The van der Waals surface area contributed by atoms with Crippen LogP contribution < -0.4 is 5.32 Å². The lowest BCUT2D eigenvalue weighted by atomic mass is 10.0. The molecule has 0 aliphatic carbocycles. The molecule has 22 heavy (non-hydrogen) atoms. The Morgan fingerprint density at radius 2 is 2.09 bits per heavy atom. The van der Waals surface area contributed by atoms with Crippen LogP contribution in [-0.2, 0) is 6.42 Å². The third-order valence-electron chi connectivity index (χ3n) is 4.11. The molecule has 0 spiro atoms. The molecule has 6 heteroatoms. The second-order valence-electron chi connectivity index (χ2n) is 5.61. The fraction of sp³-hybridized carbons (Fsp3) is 0.438. The summed E-state index contributed by atoms with van der Waals surface area (Å²) in [4.78, 5) is 18.2. The van der Waals surface area contributed by atoms with Gasteiger partial charge in [-0.05, 0) is 43.5 Å². The first kappa shape index (κ1) is 14.7. The van der Waals surface area contributed by atoms with E-state index in [1.54, 1.807) is 24.5 Å². The minimum Gasteiger partial charge on any atom is -0.339 e. The number of hydrogen-bond donors (Lipinski definition) is 2. The Bertz CT molecular complexity index is 576. The number of rotatable bonds is 5. The minimum absolute atomic E-state index is 0.110. The molecule has 3 rings (SSSR count). The third-order valence-corrected chi connectivity index (χ3v) is 4.11. The van der Waals surface area contributed by atoms with Crippen molar-refractivity contribution in [3.8, 4) is 0 Å². The molecule has 116 valence electrons. The van der Waals surface area contributed by atoms with E-state index in [1.165, 1.54) is 5.56 Å². The number of aromatic amines is 1. The molecule has 0 radical (unpaired) electrons. The van der Waals surface area contributed by atoms with Gasteiger partial charge in [0.25, 0.3) is 5.91 Å². The van der Waals surface area contributed by atoms with Crippen molar-refractivity contribution in [1.29, 1.82) is 0 Å². The lowest BCUT2D eigenvalue weighted by Gasteiger charge is -2.32. The molecule has 0 atom stereocenters. The summed E-state index contributed by atoms with van der Waals surface area (Å²) in [5, 5.41) is 10.3. The summed E-state index contributed by atoms with van der Waals surface area (Å²) in [6.45, 7) is 2.57. The van der Waals surface area contributed by atoms with E-state index in [9.17, 15) is 4.79 Å². The van der Waals surface area contributed by atoms with Crippen molar-refractivity contribution in [3.63, 3.8) is 0 Å². The SMILES string of the molecule is O=C(c1ccncc1)N1CCC(NCCc2cn[nH]c2)CC1. The van der Waals surface area contributed by atoms with Crippen molar-refractivity contribution in [1.82, 2.24) is 25.4 Å². The van der Waals surface area contributed by atoms with Crippen LogP contribution in [0.15, 0.2) is 36.9 Å². The molecular formula is C16H21N5O. The van der Waals surface area contributed by atoms with Gasteiger partial charge < -0.3 is 10.2 Å². The van der Waals surface area contributed by atoms with E-state index in [2.05, 4.69) is 20.5 Å². The summed E-state index contributed by atoms with van der Waals surface area (Å²) in [7, 11) is 0. The first-order valence-corrected chi connectivity index (χ1v) is 7.73. The van der Waals surface area contributed by atoms with E-state index in [1.807, 2.05) is 17.3 Å². The quantitative estimate of drug-likeness (QED) is 0.871. The van der Waals surface area contributed by atoms with Gasteiger partial charge in [-0.1, -0.05) is 0 Å². The summed E-state index contributed by atoms with van der Waals surface area (Å²) in [5.74, 6) is 0.110. The third kappa shape index (κ3) is 3.71. The summed E-state index contributed by atoms with van der Waals surface area (Å²) in [6, 6.07) is 4.04. The fourth-order valence-corrected chi connectivity index (χ4v) is 2.80. The second kappa shape index (κ2) is 7.17. The van der Waals surface area contributed by atoms with Gasteiger partial charge in [-0.2, -0.15) is 5.10 Å². The van der Waals surface area contributed by atoms with Gasteiger partial charge in [0.1, 0.15) is 0 Å². The normalized spacial score (nSPS) is 15.9. The maximum absolute atomic E-state index is 12.3. The van der Waals surface area contributed by atoms with E-state index < -0.39 is 0 Å². The zero-order chi connectivity index (χ0) is 15.2. The second-order valence-corrected chi connectivity index (χ2v) is 5.61. The Labute approximate surface area is 129 Å². The molecule has 0 aromatic carbocycles. The molecule has 1 fully saturated rings. The summed E-state index contributed by atoms with van der Waals surface area (Å²) >= 11 is 0. The van der Waals surface area contributed by atoms with Crippen LogP contribution in [0.3, 0.4) is 0 Å². The van der Waals surface area contributed by atoms with Gasteiger partial charge in [0, 0.05) is 43.3 Å². The van der Waals surface area contributed by atoms with Crippen LogP contribution in [0.5, 0.6) is 0 Å². The highest BCUT2D eigenvalue weighted by molar-refractivity contribution is 5.94. The van der Waals surface area contributed by atoms with Crippen LogP contribution in [0.4, 0.5) is 0 Å². The van der Waals surface area contributed by atoms with Gasteiger partial charge in [0.15, 0.2) is 0 Å². The predicted octanol–water partition coefficient (Wildman–Crippen LogP) is 1.24. The highest BCUT2D eigenvalue weighted by Gasteiger charge is 2.23. The highest BCUT2D eigenvalue weighted by atomic mass is 16.2. The van der Waals surface area contributed by atoms with Crippen LogP contribution in [-0.4, -0.2) is 51.7 Å². The number of carbonyl (C=O) groups excluding carboxylic acids is 1. The van der Waals surface area contributed by atoms with E-state index in [0.717, 1.165) is 44.5 Å². The average Bonchev–Trinajstić information content (AvgIpc) is 3.09. The lowest BCUT2D eigenvalue weighted by molar-refractivity contribution is 0.0705. The number of piperidine rings is 1. The Hall–Kier alpha value is -2.21. The number of H-pyrrole nitrogens is 1. The molecule has 0 unspecified atom stereocenters. The van der Waals surface area contributed by atoms with Gasteiger partial charge in [0.2, 0.25) is 0 Å². The molecule has 1 aliphatic heterocycles. The minimum atomic E-state index is 0.110. The maximum atomic E-state index is 12.3. The van der Waals surface area contributed by atoms with Gasteiger partial charge in [-0.15, -0.1) is 0 Å². The van der Waals surface area contributed by atoms with E-state index in [0.29, 0.717) is 6.04 Å². The number of hydrogen-bond acceptors (Lipinski definition) is 4. The van der Waals surface area contributed by atoms with E-state index in [4.69, 9.17) is 0 Å². The van der Waals surface area contributed by atoms with Crippen LogP contribution in [0.1, 0.15) is 28.8 Å². The molecule has 1 saturated heterocycles. The average molecular weight is 299 g/mol. The van der Waals surface area contributed by atoms with Crippen LogP contribution in [0, 0.1) is 0 Å². The Kier molecular flexibility index (Phi) is 4.80. The van der Waals surface area contributed by atoms with Crippen molar-refractivity contribution in [2.45, 2.75) is 25.3 Å². The molecular weight excluding hydrogens is 278 g/mol. The van der Waals surface area contributed by atoms with E-state index >= 15 is 0 Å². The zero-order valence-corrected chi connectivity index (χ0v) is 12.5. The van der Waals surface area contributed by atoms with E-state index in [-0.39, 0.29) is 5.91 Å². The number of nitrogens with one attached hydrogen (secondary N) is 2. The fourth-order valence-electron chi connectivity index (χ4n) is 2.80. The Morgan fingerprint density at radius 3 is 2.77 bits per heavy atom. The highest BCUT2D eigenvalue weighted by Crippen LogP contribution is 2.13. The van der Waals surface area contributed by atoms with Gasteiger partial charge >= 0.3 is 0 Å². The number of pyridine rings is 1. The topological polar surface area (TPSA) is 73.9 Å². The van der Waals surface area contributed by atoms with Crippen LogP contribution in [0.2, 0.25) is 0 Å². The number of likely N-dealkylation sites (tertiary alicyclic amines) is 1. The van der Waals surface area contributed by atoms with Crippen molar-refractivity contribution in [2.24, 2.45) is 0 Å². The van der Waals surface area contributed by atoms with Crippen LogP contribution in [0.25, 0.3) is 0 Å². The number of amides is 1. The number of carbonyl (C=O) groups is 1. The van der Waals surface area contributed by atoms with Gasteiger partial charge in [-0.3, -0.25) is 14.9 Å². The molecule has 2 aromatic heterocycles. The van der Waals surface area contributed by atoms with Crippen molar-refractivity contribution in [2.75, 3.05) is 19.6 Å². The summed E-state index contributed by atoms with van der Waals surface area (Å²) < 4.78 is 0. The molecule has 1 amide bonds. The Balaban J connectivity index is 1.41. The van der Waals surface area contributed by atoms with Crippen molar-refractivity contribution in [3.05, 3.63) is 48.0 Å². The monoisotopic (exact) mass is 299 g/mol. The van der Waals surface area contributed by atoms with Crippen molar-refractivity contribution >= 4 is 5.91 Å².